The van der Waals surface area contributed by atoms with E-state index in [1.54, 1.807) is 6.07 Å². The standard InChI is InChI=1S/C13H14N2O6S/c16-12(8-1-2-10-11(5-8)21-7-20-10)14-15-13(17)9-3-4-22(18,19)6-9/h1-2,5,9H,3-4,6-7H2,(H,14,16)(H,15,17)/t9-/m1/s1. The molecular formula is C13H14N2O6S. The van der Waals surface area contributed by atoms with Crippen molar-refractivity contribution >= 4 is 21.7 Å². The molecule has 1 aromatic rings. The van der Waals surface area contributed by atoms with Crippen molar-refractivity contribution in [1.82, 2.24) is 10.9 Å². The van der Waals surface area contributed by atoms with Crippen LogP contribution in [0.15, 0.2) is 18.2 Å². The first-order valence-electron chi connectivity index (χ1n) is 6.65. The monoisotopic (exact) mass is 326 g/mol. The second-order valence-corrected chi connectivity index (χ2v) is 7.34. The van der Waals surface area contributed by atoms with Crippen molar-refractivity contribution < 1.29 is 27.5 Å². The zero-order valence-corrected chi connectivity index (χ0v) is 12.3. The lowest BCUT2D eigenvalue weighted by atomic mass is 10.1. The first kappa shape index (κ1) is 14.6. The molecule has 8 nitrogen and oxygen atoms in total. The number of carbonyl (C=O) groups is 2. The maximum Gasteiger partial charge on any atom is 0.269 e. The molecule has 0 saturated carbocycles. The van der Waals surface area contributed by atoms with E-state index in [4.69, 9.17) is 9.47 Å². The number of carbonyl (C=O) groups excluding carboxylic acids is 2. The Kier molecular flexibility index (Phi) is 3.65. The topological polar surface area (TPSA) is 111 Å². The summed E-state index contributed by atoms with van der Waals surface area (Å²) in [7, 11) is -3.14. The van der Waals surface area contributed by atoms with Gasteiger partial charge in [-0.1, -0.05) is 0 Å². The summed E-state index contributed by atoms with van der Waals surface area (Å²) in [6.45, 7) is 0.104. The van der Waals surface area contributed by atoms with Crippen LogP contribution < -0.4 is 20.3 Å². The van der Waals surface area contributed by atoms with Crippen LogP contribution in [-0.2, 0) is 14.6 Å². The smallest absolute Gasteiger partial charge is 0.269 e. The molecule has 2 aliphatic rings. The third kappa shape index (κ3) is 2.98. The van der Waals surface area contributed by atoms with Gasteiger partial charge in [-0.05, 0) is 24.6 Å². The van der Waals surface area contributed by atoms with Gasteiger partial charge < -0.3 is 9.47 Å². The zero-order valence-electron chi connectivity index (χ0n) is 11.5. The van der Waals surface area contributed by atoms with Crippen LogP contribution in [-0.4, -0.2) is 38.5 Å². The van der Waals surface area contributed by atoms with E-state index >= 15 is 0 Å². The SMILES string of the molecule is O=C(NNC(=O)[C@@H]1CCS(=O)(=O)C1)c1ccc2c(c1)OCO2. The Morgan fingerprint density at radius 2 is 1.91 bits per heavy atom. The molecule has 0 bridgehead atoms. The largest absolute Gasteiger partial charge is 0.454 e. The van der Waals surface area contributed by atoms with E-state index in [0.29, 0.717) is 17.1 Å². The van der Waals surface area contributed by atoms with Crippen LogP contribution in [0.5, 0.6) is 11.5 Å². The van der Waals surface area contributed by atoms with E-state index in [2.05, 4.69) is 10.9 Å². The maximum absolute atomic E-state index is 12.0. The molecular weight excluding hydrogens is 312 g/mol. The van der Waals surface area contributed by atoms with Gasteiger partial charge in [-0.3, -0.25) is 20.4 Å². The lowest BCUT2D eigenvalue weighted by Crippen LogP contribution is -2.44. The third-order valence-electron chi connectivity index (χ3n) is 3.54. The van der Waals surface area contributed by atoms with Gasteiger partial charge >= 0.3 is 0 Å². The minimum Gasteiger partial charge on any atom is -0.454 e. The summed E-state index contributed by atoms with van der Waals surface area (Å²) in [5, 5.41) is 0. The van der Waals surface area contributed by atoms with Crippen LogP contribution in [0.3, 0.4) is 0 Å². The summed E-state index contributed by atoms with van der Waals surface area (Å²) < 4.78 is 32.9. The Labute approximate surface area is 126 Å². The molecule has 2 aliphatic heterocycles. The van der Waals surface area contributed by atoms with Gasteiger partial charge in [0, 0.05) is 5.56 Å². The number of benzene rings is 1. The van der Waals surface area contributed by atoms with Crippen molar-refractivity contribution in [1.29, 1.82) is 0 Å². The van der Waals surface area contributed by atoms with Gasteiger partial charge in [-0.15, -0.1) is 0 Å². The predicted octanol–water partition coefficient (Wildman–Crippen LogP) is -0.389. The van der Waals surface area contributed by atoms with Crippen LogP contribution in [0, 0.1) is 5.92 Å². The number of hydrazine groups is 1. The van der Waals surface area contributed by atoms with Gasteiger partial charge in [-0.25, -0.2) is 8.42 Å². The highest BCUT2D eigenvalue weighted by Crippen LogP contribution is 2.32. The average molecular weight is 326 g/mol. The maximum atomic E-state index is 12.0. The molecule has 1 aromatic carbocycles. The second-order valence-electron chi connectivity index (χ2n) is 5.11. The number of hydrogen-bond donors (Lipinski definition) is 2. The number of sulfone groups is 1. The molecule has 1 fully saturated rings. The molecule has 0 spiro atoms. The highest BCUT2D eigenvalue weighted by atomic mass is 32.2. The van der Waals surface area contributed by atoms with Crippen molar-refractivity contribution in [3.63, 3.8) is 0 Å². The summed E-state index contributed by atoms with van der Waals surface area (Å²) in [6, 6.07) is 4.64. The molecule has 9 heteroatoms. The van der Waals surface area contributed by atoms with Gasteiger partial charge in [-0.2, -0.15) is 0 Å². The van der Waals surface area contributed by atoms with E-state index in [9.17, 15) is 18.0 Å². The van der Waals surface area contributed by atoms with E-state index in [1.807, 2.05) is 0 Å². The first-order valence-corrected chi connectivity index (χ1v) is 8.47. The van der Waals surface area contributed by atoms with Crippen LogP contribution in [0.1, 0.15) is 16.8 Å². The molecule has 0 aliphatic carbocycles. The number of nitrogens with one attached hydrogen (secondary N) is 2. The number of fused-ring (bicyclic) bond motifs is 1. The molecule has 0 aromatic heterocycles. The highest BCUT2D eigenvalue weighted by Gasteiger charge is 2.33. The fraction of sp³-hybridized carbons (Fsp3) is 0.385. The Bertz CT molecular complexity index is 730. The van der Waals surface area contributed by atoms with Crippen LogP contribution in [0.4, 0.5) is 0 Å². The van der Waals surface area contributed by atoms with Crippen LogP contribution in [0.2, 0.25) is 0 Å². The van der Waals surface area contributed by atoms with Crippen molar-refractivity contribution in [2.45, 2.75) is 6.42 Å². The van der Waals surface area contributed by atoms with Crippen molar-refractivity contribution in [3.8, 4) is 11.5 Å². The molecule has 22 heavy (non-hydrogen) atoms. The number of hydrogen-bond acceptors (Lipinski definition) is 6. The quantitative estimate of drug-likeness (QED) is 0.716. The molecule has 2 heterocycles. The first-order chi connectivity index (χ1) is 10.4. The Morgan fingerprint density at radius 1 is 1.14 bits per heavy atom. The van der Waals surface area contributed by atoms with Crippen molar-refractivity contribution in [2.24, 2.45) is 5.92 Å². The molecule has 3 rings (SSSR count). The fourth-order valence-electron chi connectivity index (χ4n) is 2.33. The van der Waals surface area contributed by atoms with Gasteiger partial charge in [0.1, 0.15) is 0 Å². The van der Waals surface area contributed by atoms with Crippen LogP contribution >= 0.6 is 0 Å². The molecule has 2 N–H and O–H groups in total. The minimum atomic E-state index is -3.14. The Morgan fingerprint density at radius 3 is 2.64 bits per heavy atom. The van der Waals surface area contributed by atoms with Gasteiger partial charge in [0.2, 0.25) is 12.7 Å². The second kappa shape index (κ2) is 5.48. The normalized spacial score (nSPS) is 21.4. The Hall–Kier alpha value is -2.29. The molecule has 118 valence electrons. The molecule has 0 unspecified atom stereocenters. The molecule has 0 radical (unpaired) electrons. The summed E-state index contributed by atoms with van der Waals surface area (Å²) in [5.74, 6) is -0.817. The predicted molar refractivity (Wildman–Crippen MR) is 74.9 cm³/mol. The lowest BCUT2D eigenvalue weighted by Gasteiger charge is -2.10. The van der Waals surface area contributed by atoms with E-state index in [-0.39, 0.29) is 24.7 Å². The van der Waals surface area contributed by atoms with Crippen LogP contribution in [0.25, 0.3) is 0 Å². The summed E-state index contributed by atoms with van der Waals surface area (Å²) in [5.41, 5.74) is 4.81. The summed E-state index contributed by atoms with van der Waals surface area (Å²) in [6.07, 6.45) is 0.272. The third-order valence-corrected chi connectivity index (χ3v) is 5.31. The van der Waals surface area contributed by atoms with Crippen molar-refractivity contribution in [2.75, 3.05) is 18.3 Å². The van der Waals surface area contributed by atoms with Crippen molar-refractivity contribution in [3.05, 3.63) is 23.8 Å². The molecule has 1 saturated heterocycles. The highest BCUT2D eigenvalue weighted by molar-refractivity contribution is 7.91. The number of rotatable bonds is 2. The molecule has 2 amide bonds. The van der Waals surface area contributed by atoms with Gasteiger partial charge in [0.15, 0.2) is 21.3 Å². The Balaban J connectivity index is 1.57. The lowest BCUT2D eigenvalue weighted by molar-refractivity contribution is -0.125. The average Bonchev–Trinajstić information content (AvgIpc) is 3.09. The van der Waals surface area contributed by atoms with E-state index < -0.39 is 27.6 Å². The zero-order chi connectivity index (χ0) is 15.7. The number of ether oxygens (including phenoxy) is 2. The van der Waals surface area contributed by atoms with E-state index in [0.717, 1.165) is 0 Å². The summed E-state index contributed by atoms with van der Waals surface area (Å²) in [4.78, 5) is 23.8. The fourth-order valence-corrected chi connectivity index (χ4v) is 4.07. The van der Waals surface area contributed by atoms with Gasteiger partial charge in [0.25, 0.3) is 5.91 Å². The molecule has 1 atom stereocenters. The summed E-state index contributed by atoms with van der Waals surface area (Å²) >= 11 is 0. The number of amides is 2. The van der Waals surface area contributed by atoms with Gasteiger partial charge in [0.05, 0.1) is 17.4 Å². The minimum absolute atomic E-state index is 0.00118. The van der Waals surface area contributed by atoms with E-state index in [1.165, 1.54) is 12.1 Å².